The second-order valence-electron chi connectivity index (χ2n) is 7.79. The lowest BCUT2D eigenvalue weighted by molar-refractivity contribution is -0.121. The average Bonchev–Trinajstić information content (AvgIpc) is 2.82. The van der Waals surface area contributed by atoms with E-state index in [1.165, 1.54) is 0 Å². The van der Waals surface area contributed by atoms with E-state index in [4.69, 9.17) is 11.6 Å². The van der Waals surface area contributed by atoms with Crippen molar-refractivity contribution in [1.82, 2.24) is 15.2 Å². The molecule has 168 valence electrons. The van der Waals surface area contributed by atoms with E-state index in [1.54, 1.807) is 48.8 Å². The molecule has 0 saturated carbocycles. The van der Waals surface area contributed by atoms with Gasteiger partial charge < -0.3 is 10.2 Å². The van der Waals surface area contributed by atoms with Crippen LogP contribution in [0.2, 0.25) is 5.02 Å². The molecule has 32 heavy (non-hydrogen) atoms. The first-order valence-electron chi connectivity index (χ1n) is 10.5. The summed E-state index contributed by atoms with van der Waals surface area (Å²) in [6.07, 6.45) is 3.49. The molecule has 1 amide bonds. The number of hydrogen-bond acceptors (Lipinski definition) is 6. The molecular formula is C23H25ClN4O3S. The van der Waals surface area contributed by atoms with Crippen LogP contribution >= 0.6 is 11.6 Å². The predicted molar refractivity (Wildman–Crippen MR) is 127 cm³/mol. The van der Waals surface area contributed by atoms with Crippen LogP contribution in [0.25, 0.3) is 10.8 Å². The van der Waals surface area contributed by atoms with Crippen LogP contribution in [-0.2, 0) is 14.6 Å². The SMILES string of the molecule is O=C(CCS(=O)(=O)c1ccc2cc(Cl)ccc2c1)NCN1CCN(c2ccncc2)CC1. The summed E-state index contributed by atoms with van der Waals surface area (Å²) in [5.74, 6) is -0.494. The number of rotatable bonds is 7. The van der Waals surface area contributed by atoms with Gasteiger partial charge in [-0.1, -0.05) is 23.7 Å². The zero-order valence-corrected chi connectivity index (χ0v) is 19.1. The number of pyridine rings is 1. The molecule has 3 aromatic rings. The summed E-state index contributed by atoms with van der Waals surface area (Å²) in [4.78, 5) is 21.0. The predicted octanol–water partition coefficient (Wildman–Crippen LogP) is 2.95. The Hall–Kier alpha value is -2.68. The molecule has 1 N–H and O–H groups in total. The van der Waals surface area contributed by atoms with Gasteiger partial charge in [-0.25, -0.2) is 8.42 Å². The molecule has 1 aliphatic heterocycles. The van der Waals surface area contributed by atoms with Crippen LogP contribution in [0, 0.1) is 0 Å². The fourth-order valence-corrected chi connectivity index (χ4v) is 5.19. The van der Waals surface area contributed by atoms with Crippen LogP contribution in [0.15, 0.2) is 65.8 Å². The fourth-order valence-electron chi connectivity index (χ4n) is 3.74. The number of fused-ring (bicyclic) bond motifs is 1. The maximum absolute atomic E-state index is 12.7. The number of halogens is 1. The molecule has 1 saturated heterocycles. The van der Waals surface area contributed by atoms with Gasteiger partial charge in [-0.2, -0.15) is 0 Å². The Balaban J connectivity index is 1.24. The number of nitrogens with zero attached hydrogens (tertiary/aromatic N) is 3. The van der Waals surface area contributed by atoms with Gasteiger partial charge in [0, 0.05) is 55.7 Å². The van der Waals surface area contributed by atoms with Crippen molar-refractivity contribution in [3.05, 3.63) is 65.9 Å². The van der Waals surface area contributed by atoms with Crippen LogP contribution in [-0.4, -0.2) is 62.8 Å². The van der Waals surface area contributed by atoms with E-state index in [-0.39, 0.29) is 23.0 Å². The zero-order valence-electron chi connectivity index (χ0n) is 17.6. The maximum Gasteiger partial charge on any atom is 0.222 e. The standard InChI is InChI=1S/C23H25ClN4O3S/c24-20-3-1-19-16-22(4-2-18(19)15-20)32(30,31)14-7-23(29)26-17-27-10-12-28(13-11-27)21-5-8-25-9-6-21/h1-6,8-9,15-16H,7,10-14,17H2,(H,26,29). The number of piperazine rings is 1. The largest absolute Gasteiger partial charge is 0.369 e. The van der Waals surface area contributed by atoms with Gasteiger partial charge in [-0.05, 0) is 47.2 Å². The summed E-state index contributed by atoms with van der Waals surface area (Å²) in [5, 5.41) is 5.12. The number of amides is 1. The van der Waals surface area contributed by atoms with E-state index in [1.807, 2.05) is 12.1 Å². The minimum absolute atomic E-state index is 0.0715. The molecule has 4 rings (SSSR count). The second-order valence-corrected chi connectivity index (χ2v) is 10.3. The number of carbonyl (C=O) groups is 1. The van der Waals surface area contributed by atoms with Crippen LogP contribution in [0.5, 0.6) is 0 Å². The van der Waals surface area contributed by atoms with Gasteiger partial charge in [0.1, 0.15) is 0 Å². The quantitative estimate of drug-likeness (QED) is 0.569. The molecule has 9 heteroatoms. The lowest BCUT2D eigenvalue weighted by atomic mass is 10.1. The highest BCUT2D eigenvalue weighted by Gasteiger charge is 2.19. The van der Waals surface area contributed by atoms with Crippen LogP contribution in [0.4, 0.5) is 5.69 Å². The summed E-state index contributed by atoms with van der Waals surface area (Å²) in [5.41, 5.74) is 1.14. The highest BCUT2D eigenvalue weighted by molar-refractivity contribution is 7.91. The Bertz CT molecular complexity index is 1200. The smallest absolute Gasteiger partial charge is 0.222 e. The average molecular weight is 473 g/mol. The molecule has 2 aromatic carbocycles. The molecule has 0 radical (unpaired) electrons. The van der Waals surface area contributed by atoms with Crippen molar-refractivity contribution in [3.8, 4) is 0 Å². The molecule has 0 aliphatic carbocycles. The van der Waals surface area contributed by atoms with Crippen molar-refractivity contribution in [2.24, 2.45) is 0 Å². The molecular weight excluding hydrogens is 448 g/mol. The summed E-state index contributed by atoms with van der Waals surface area (Å²) in [6.45, 7) is 3.78. The van der Waals surface area contributed by atoms with Crippen LogP contribution in [0.1, 0.15) is 6.42 Å². The molecule has 1 aromatic heterocycles. The van der Waals surface area contributed by atoms with E-state index >= 15 is 0 Å². The van der Waals surface area contributed by atoms with Gasteiger partial charge in [-0.3, -0.25) is 14.7 Å². The van der Waals surface area contributed by atoms with Gasteiger partial charge >= 0.3 is 0 Å². The Kier molecular flexibility index (Phi) is 6.93. The van der Waals surface area contributed by atoms with E-state index in [0.717, 1.165) is 42.6 Å². The first-order valence-corrected chi connectivity index (χ1v) is 12.5. The third-order valence-electron chi connectivity index (χ3n) is 5.63. The number of anilines is 1. The molecule has 0 unspecified atom stereocenters. The summed E-state index contributed by atoms with van der Waals surface area (Å²) in [6, 6.07) is 14.2. The molecule has 2 heterocycles. The lowest BCUT2D eigenvalue weighted by Gasteiger charge is -2.35. The monoisotopic (exact) mass is 472 g/mol. The van der Waals surface area contributed by atoms with Crippen molar-refractivity contribution in [3.63, 3.8) is 0 Å². The number of hydrogen-bond donors (Lipinski definition) is 1. The van der Waals surface area contributed by atoms with E-state index < -0.39 is 9.84 Å². The minimum Gasteiger partial charge on any atom is -0.369 e. The van der Waals surface area contributed by atoms with Crippen LogP contribution in [0.3, 0.4) is 0 Å². The van der Waals surface area contributed by atoms with E-state index in [9.17, 15) is 13.2 Å². The minimum atomic E-state index is -3.56. The Labute approximate surface area is 192 Å². The van der Waals surface area contributed by atoms with Gasteiger partial charge in [0.25, 0.3) is 0 Å². The third-order valence-corrected chi connectivity index (χ3v) is 7.58. The molecule has 1 aliphatic rings. The first kappa shape index (κ1) is 22.5. The first-order chi connectivity index (χ1) is 15.4. The Morgan fingerprint density at radius 3 is 2.41 bits per heavy atom. The third kappa shape index (κ3) is 5.56. The zero-order chi connectivity index (χ0) is 22.6. The fraction of sp³-hybridized carbons (Fsp3) is 0.304. The summed E-state index contributed by atoms with van der Waals surface area (Å²) < 4.78 is 25.4. The van der Waals surface area contributed by atoms with Crippen molar-refractivity contribution in [1.29, 1.82) is 0 Å². The molecule has 7 nitrogen and oxygen atoms in total. The molecule has 0 bridgehead atoms. The number of aromatic nitrogens is 1. The number of sulfone groups is 1. The van der Waals surface area contributed by atoms with E-state index in [2.05, 4.69) is 20.1 Å². The summed E-state index contributed by atoms with van der Waals surface area (Å²) >= 11 is 5.98. The molecule has 0 spiro atoms. The van der Waals surface area contributed by atoms with Gasteiger partial charge in [0.05, 0.1) is 17.3 Å². The normalized spacial score (nSPS) is 15.1. The molecule has 0 atom stereocenters. The maximum atomic E-state index is 12.7. The second kappa shape index (κ2) is 9.85. The van der Waals surface area contributed by atoms with Crippen LogP contribution < -0.4 is 10.2 Å². The Morgan fingerprint density at radius 2 is 1.66 bits per heavy atom. The lowest BCUT2D eigenvalue weighted by Crippen LogP contribution is -2.50. The van der Waals surface area contributed by atoms with Crippen molar-refractivity contribution < 1.29 is 13.2 Å². The molecule has 1 fully saturated rings. The number of nitrogens with one attached hydrogen (secondary N) is 1. The van der Waals surface area contributed by atoms with Gasteiger partial charge in [0.2, 0.25) is 5.91 Å². The van der Waals surface area contributed by atoms with Crippen molar-refractivity contribution in [2.45, 2.75) is 11.3 Å². The summed E-state index contributed by atoms with van der Waals surface area (Å²) in [7, 11) is -3.56. The van der Waals surface area contributed by atoms with Crippen molar-refractivity contribution >= 4 is 43.8 Å². The van der Waals surface area contributed by atoms with Gasteiger partial charge in [-0.15, -0.1) is 0 Å². The Morgan fingerprint density at radius 1 is 0.969 bits per heavy atom. The number of carbonyl (C=O) groups excluding carboxylic acids is 1. The topological polar surface area (TPSA) is 82.6 Å². The highest BCUT2D eigenvalue weighted by atomic mass is 35.5. The number of benzene rings is 2. The van der Waals surface area contributed by atoms with Gasteiger partial charge in [0.15, 0.2) is 9.84 Å². The highest BCUT2D eigenvalue weighted by Crippen LogP contribution is 2.23. The van der Waals surface area contributed by atoms with E-state index in [0.29, 0.717) is 11.7 Å². The van der Waals surface area contributed by atoms with Crippen molar-refractivity contribution in [2.75, 3.05) is 43.5 Å².